The van der Waals surface area contributed by atoms with E-state index < -0.39 is 5.60 Å². The van der Waals surface area contributed by atoms with Gasteiger partial charge in [0.05, 0.1) is 7.11 Å². The number of nitrogens with one attached hydrogen (secondary N) is 1. The third-order valence-corrected chi connectivity index (χ3v) is 3.56. The summed E-state index contributed by atoms with van der Waals surface area (Å²) in [6.07, 6.45) is 4.97. The molecule has 7 nitrogen and oxygen atoms in total. The number of ether oxygens (including phenoxy) is 2. The predicted molar refractivity (Wildman–Crippen MR) is 86.3 cm³/mol. The molecule has 0 aliphatic carbocycles. The Bertz CT molecular complexity index is 530. The van der Waals surface area contributed by atoms with Gasteiger partial charge in [-0.2, -0.15) is 0 Å². The minimum Gasteiger partial charge on any atom is -0.480 e. The van der Waals surface area contributed by atoms with Crippen LogP contribution in [0.5, 0.6) is 5.88 Å². The number of amides is 1. The summed E-state index contributed by atoms with van der Waals surface area (Å²) >= 11 is 0. The first-order chi connectivity index (χ1) is 10.9. The molecule has 1 fully saturated rings. The Morgan fingerprint density at radius 1 is 1.39 bits per heavy atom. The van der Waals surface area contributed by atoms with E-state index in [0.29, 0.717) is 19.0 Å². The Hall–Kier alpha value is -1.89. The van der Waals surface area contributed by atoms with Gasteiger partial charge in [0.25, 0.3) is 0 Å². The molecule has 0 spiro atoms. The molecule has 0 saturated carbocycles. The van der Waals surface area contributed by atoms with Crippen molar-refractivity contribution in [1.82, 2.24) is 20.2 Å². The number of piperidine rings is 1. The third kappa shape index (κ3) is 5.35. The van der Waals surface area contributed by atoms with Gasteiger partial charge in [-0.05, 0) is 33.6 Å². The number of nitrogens with zero attached hydrogens (tertiary/aromatic N) is 3. The van der Waals surface area contributed by atoms with Gasteiger partial charge in [-0.25, -0.2) is 9.78 Å². The van der Waals surface area contributed by atoms with Gasteiger partial charge in [0.1, 0.15) is 11.3 Å². The molecule has 2 rings (SSSR count). The van der Waals surface area contributed by atoms with Gasteiger partial charge < -0.3 is 19.7 Å². The zero-order valence-electron chi connectivity index (χ0n) is 14.3. The highest BCUT2D eigenvalue weighted by Gasteiger charge is 2.27. The molecule has 0 aromatic carbocycles. The van der Waals surface area contributed by atoms with Crippen LogP contribution in [-0.2, 0) is 11.3 Å². The summed E-state index contributed by atoms with van der Waals surface area (Å²) in [4.78, 5) is 22.3. The number of methoxy groups -OCH3 is 1. The summed E-state index contributed by atoms with van der Waals surface area (Å²) in [6, 6.07) is 0.211. The molecule has 23 heavy (non-hydrogen) atoms. The molecule has 1 saturated heterocycles. The van der Waals surface area contributed by atoms with Crippen LogP contribution in [0.1, 0.15) is 39.3 Å². The quantitative estimate of drug-likeness (QED) is 0.913. The molecule has 0 radical (unpaired) electrons. The van der Waals surface area contributed by atoms with E-state index in [0.717, 1.165) is 25.1 Å². The molecule has 1 atom stereocenters. The minimum absolute atomic E-state index is 0.211. The summed E-state index contributed by atoms with van der Waals surface area (Å²) in [5.41, 5.74) is 0.300. The van der Waals surface area contributed by atoms with Crippen LogP contribution < -0.4 is 10.1 Å². The lowest BCUT2D eigenvalue weighted by Gasteiger charge is -2.34. The Kier molecular flexibility index (Phi) is 5.76. The molecule has 0 unspecified atom stereocenters. The van der Waals surface area contributed by atoms with Crippen LogP contribution in [0.25, 0.3) is 0 Å². The molecule has 1 aliphatic heterocycles. The van der Waals surface area contributed by atoms with Crippen molar-refractivity contribution in [2.75, 3.05) is 20.2 Å². The van der Waals surface area contributed by atoms with E-state index in [9.17, 15) is 4.79 Å². The lowest BCUT2D eigenvalue weighted by molar-refractivity contribution is 0.0187. The van der Waals surface area contributed by atoms with Gasteiger partial charge in [-0.15, -0.1) is 0 Å². The number of hydrogen-bond acceptors (Lipinski definition) is 6. The fourth-order valence-electron chi connectivity index (χ4n) is 2.52. The molecule has 128 valence electrons. The number of aromatic nitrogens is 2. The van der Waals surface area contributed by atoms with Crippen molar-refractivity contribution < 1.29 is 14.3 Å². The van der Waals surface area contributed by atoms with Crippen LogP contribution in [0.15, 0.2) is 12.4 Å². The van der Waals surface area contributed by atoms with E-state index >= 15 is 0 Å². The monoisotopic (exact) mass is 322 g/mol. The number of likely N-dealkylation sites (tertiary alicyclic amines) is 1. The number of carbonyl (C=O) groups is 1. The van der Waals surface area contributed by atoms with Crippen molar-refractivity contribution in [1.29, 1.82) is 0 Å². The van der Waals surface area contributed by atoms with Gasteiger partial charge in [0.2, 0.25) is 5.88 Å². The van der Waals surface area contributed by atoms with Crippen molar-refractivity contribution in [2.45, 2.75) is 51.8 Å². The number of hydrogen-bond donors (Lipinski definition) is 1. The first kappa shape index (κ1) is 17.5. The van der Waals surface area contributed by atoms with Crippen molar-refractivity contribution >= 4 is 6.09 Å². The lowest BCUT2D eigenvalue weighted by atomic mass is 10.1. The first-order valence-corrected chi connectivity index (χ1v) is 7.94. The fraction of sp³-hybridized carbons (Fsp3) is 0.688. The highest BCUT2D eigenvalue weighted by Crippen LogP contribution is 2.16. The van der Waals surface area contributed by atoms with Crippen LogP contribution in [0.3, 0.4) is 0 Å². The smallest absolute Gasteiger partial charge is 0.410 e. The van der Waals surface area contributed by atoms with E-state index in [1.807, 2.05) is 20.8 Å². The van der Waals surface area contributed by atoms with Gasteiger partial charge in [0, 0.05) is 38.1 Å². The summed E-state index contributed by atoms with van der Waals surface area (Å²) < 4.78 is 10.6. The maximum Gasteiger partial charge on any atom is 0.410 e. The zero-order chi connectivity index (χ0) is 16.9. The van der Waals surface area contributed by atoms with E-state index in [1.165, 1.54) is 0 Å². The first-order valence-electron chi connectivity index (χ1n) is 7.94. The highest BCUT2D eigenvalue weighted by atomic mass is 16.6. The Morgan fingerprint density at radius 3 is 2.83 bits per heavy atom. The Labute approximate surface area is 137 Å². The molecule has 1 N–H and O–H groups in total. The normalized spacial score (nSPS) is 18.6. The van der Waals surface area contributed by atoms with Crippen LogP contribution in [0, 0.1) is 0 Å². The molecular weight excluding hydrogens is 296 g/mol. The van der Waals surface area contributed by atoms with E-state index in [-0.39, 0.29) is 12.1 Å². The molecule has 7 heteroatoms. The summed E-state index contributed by atoms with van der Waals surface area (Å²) in [6.45, 7) is 7.57. The average Bonchev–Trinajstić information content (AvgIpc) is 2.52. The van der Waals surface area contributed by atoms with Gasteiger partial charge in [-0.1, -0.05) is 0 Å². The van der Waals surface area contributed by atoms with Crippen molar-refractivity contribution in [2.24, 2.45) is 0 Å². The summed E-state index contributed by atoms with van der Waals surface area (Å²) in [5.74, 6) is 0.528. The molecule has 1 amide bonds. The van der Waals surface area contributed by atoms with Gasteiger partial charge in [0.15, 0.2) is 0 Å². The molecule has 0 bridgehead atoms. The van der Waals surface area contributed by atoms with Gasteiger partial charge >= 0.3 is 6.09 Å². The highest BCUT2D eigenvalue weighted by molar-refractivity contribution is 5.68. The standard InChI is InChI=1S/C16H26N4O3/c1-16(2,3)23-15(21)20-9-5-6-12(11-20)19-10-13-14(22-4)18-8-7-17-13/h7-8,12,19H,5-6,9-11H2,1-4H3/t12-/m1/s1. The minimum atomic E-state index is -0.468. The summed E-state index contributed by atoms with van der Waals surface area (Å²) in [5, 5.41) is 3.43. The maximum atomic E-state index is 12.2. The van der Waals surface area contributed by atoms with Crippen molar-refractivity contribution in [3.63, 3.8) is 0 Å². The van der Waals surface area contributed by atoms with Crippen LogP contribution in [0.4, 0.5) is 4.79 Å². The molecule has 1 aromatic rings. The van der Waals surface area contributed by atoms with E-state index in [1.54, 1.807) is 24.4 Å². The van der Waals surface area contributed by atoms with Crippen LogP contribution in [-0.4, -0.2) is 52.8 Å². The Morgan fingerprint density at radius 2 is 2.13 bits per heavy atom. The van der Waals surface area contributed by atoms with E-state index in [4.69, 9.17) is 9.47 Å². The second-order valence-electron chi connectivity index (χ2n) is 6.66. The molecular formula is C16H26N4O3. The zero-order valence-corrected chi connectivity index (χ0v) is 14.3. The number of carbonyl (C=O) groups excluding carboxylic acids is 1. The van der Waals surface area contributed by atoms with Crippen LogP contribution >= 0.6 is 0 Å². The fourth-order valence-corrected chi connectivity index (χ4v) is 2.52. The SMILES string of the molecule is COc1nccnc1CN[C@@H]1CCCN(C(=O)OC(C)(C)C)C1. The second-order valence-corrected chi connectivity index (χ2v) is 6.66. The molecule has 2 heterocycles. The topological polar surface area (TPSA) is 76.6 Å². The predicted octanol–water partition coefficient (Wildman–Crippen LogP) is 1.97. The molecule has 1 aromatic heterocycles. The Balaban J connectivity index is 1.88. The largest absolute Gasteiger partial charge is 0.480 e. The van der Waals surface area contributed by atoms with Crippen molar-refractivity contribution in [3.8, 4) is 5.88 Å². The third-order valence-electron chi connectivity index (χ3n) is 3.56. The van der Waals surface area contributed by atoms with E-state index in [2.05, 4.69) is 15.3 Å². The molecule has 1 aliphatic rings. The maximum absolute atomic E-state index is 12.2. The van der Waals surface area contributed by atoms with Crippen molar-refractivity contribution in [3.05, 3.63) is 18.1 Å². The second kappa shape index (κ2) is 7.59. The summed E-state index contributed by atoms with van der Waals surface area (Å²) in [7, 11) is 1.58. The van der Waals surface area contributed by atoms with Crippen LogP contribution in [0.2, 0.25) is 0 Å². The number of rotatable bonds is 4. The van der Waals surface area contributed by atoms with Gasteiger partial charge in [-0.3, -0.25) is 4.98 Å². The average molecular weight is 322 g/mol. The lowest BCUT2D eigenvalue weighted by Crippen LogP contribution is -2.49.